The van der Waals surface area contributed by atoms with Crippen LogP contribution in [0.5, 0.6) is 5.75 Å². The first kappa shape index (κ1) is 14.6. The summed E-state index contributed by atoms with van der Waals surface area (Å²) in [4.78, 5) is 0. The van der Waals surface area contributed by atoms with Crippen molar-refractivity contribution in [2.24, 2.45) is 0 Å². The van der Waals surface area contributed by atoms with Crippen LogP contribution in [-0.4, -0.2) is 20.3 Å². The molecule has 1 N–H and O–H groups in total. The molecule has 0 aliphatic carbocycles. The Labute approximate surface area is 119 Å². The van der Waals surface area contributed by atoms with Gasteiger partial charge >= 0.3 is 0 Å². The Bertz CT molecular complexity index is 508. The van der Waals surface area contributed by atoms with Crippen LogP contribution in [0.3, 0.4) is 0 Å². The zero-order valence-electron chi connectivity index (χ0n) is 12.0. The van der Waals surface area contributed by atoms with E-state index in [2.05, 4.69) is 5.32 Å². The summed E-state index contributed by atoms with van der Waals surface area (Å²) in [5.74, 6) is 2.72. The number of rotatable bonds is 8. The second-order valence-corrected chi connectivity index (χ2v) is 4.54. The molecule has 0 saturated heterocycles. The van der Waals surface area contributed by atoms with E-state index in [0.717, 1.165) is 29.4 Å². The second kappa shape index (κ2) is 7.72. The minimum Gasteiger partial charge on any atom is -0.491 e. The molecule has 4 nitrogen and oxygen atoms in total. The number of hydrogen-bond donors (Lipinski definition) is 1. The summed E-state index contributed by atoms with van der Waals surface area (Å²) in [5.41, 5.74) is 1.09. The summed E-state index contributed by atoms with van der Waals surface area (Å²) in [6, 6.07) is 11.8. The van der Waals surface area contributed by atoms with Crippen LogP contribution in [0.2, 0.25) is 0 Å². The predicted octanol–water partition coefficient (Wildman–Crippen LogP) is 2.90. The molecule has 0 fully saturated rings. The number of ether oxygens (including phenoxy) is 2. The molecule has 0 saturated carbocycles. The molecule has 4 heteroatoms. The zero-order chi connectivity index (χ0) is 14.2. The first-order valence-electron chi connectivity index (χ1n) is 6.78. The van der Waals surface area contributed by atoms with Gasteiger partial charge in [-0.25, -0.2) is 0 Å². The fourth-order valence-corrected chi connectivity index (χ4v) is 1.91. The summed E-state index contributed by atoms with van der Waals surface area (Å²) in [5, 5.41) is 3.06. The molecule has 1 heterocycles. The van der Waals surface area contributed by atoms with Crippen LogP contribution in [0.15, 0.2) is 40.8 Å². The van der Waals surface area contributed by atoms with E-state index < -0.39 is 0 Å². The Balaban J connectivity index is 1.68. The summed E-state index contributed by atoms with van der Waals surface area (Å²) in [7, 11) is 1.90. The van der Waals surface area contributed by atoms with E-state index in [1.807, 2.05) is 50.4 Å². The largest absolute Gasteiger partial charge is 0.491 e. The molecular formula is C16H21NO3. The van der Waals surface area contributed by atoms with Crippen LogP contribution < -0.4 is 10.1 Å². The topological polar surface area (TPSA) is 43.6 Å². The molecule has 0 unspecified atom stereocenters. The van der Waals surface area contributed by atoms with Gasteiger partial charge in [0.2, 0.25) is 0 Å². The van der Waals surface area contributed by atoms with Crippen LogP contribution >= 0.6 is 0 Å². The van der Waals surface area contributed by atoms with Gasteiger partial charge in [-0.15, -0.1) is 0 Å². The quantitative estimate of drug-likeness (QED) is 0.752. The van der Waals surface area contributed by atoms with Crippen LogP contribution in [0, 0.1) is 6.92 Å². The van der Waals surface area contributed by atoms with E-state index in [1.54, 1.807) is 0 Å². The zero-order valence-corrected chi connectivity index (χ0v) is 12.0. The molecular weight excluding hydrogens is 254 g/mol. The normalized spacial score (nSPS) is 10.7. The summed E-state index contributed by atoms with van der Waals surface area (Å²) >= 11 is 0. The maximum absolute atomic E-state index is 5.61. The lowest BCUT2D eigenvalue weighted by Crippen LogP contribution is -2.06. The van der Waals surface area contributed by atoms with Crippen molar-refractivity contribution >= 4 is 0 Å². The molecule has 108 valence electrons. The lowest BCUT2D eigenvalue weighted by atomic mass is 10.2. The highest BCUT2D eigenvalue weighted by molar-refractivity contribution is 5.21. The number of nitrogens with one attached hydrogen (secondary N) is 1. The van der Waals surface area contributed by atoms with Gasteiger partial charge in [0.25, 0.3) is 0 Å². The minimum atomic E-state index is 0.546. The van der Waals surface area contributed by atoms with E-state index in [-0.39, 0.29) is 0 Å². The van der Waals surface area contributed by atoms with Gasteiger partial charge in [0.15, 0.2) is 0 Å². The standard InChI is InChI=1S/C16H21NO3/c1-13-14(10-16(20-13)11-17-2)12-18-8-9-19-15-6-4-3-5-7-15/h3-7,10,17H,8-9,11-12H2,1-2H3. The van der Waals surface area contributed by atoms with Crippen molar-refractivity contribution in [1.82, 2.24) is 5.32 Å². The van der Waals surface area contributed by atoms with Crippen molar-refractivity contribution in [3.05, 3.63) is 53.5 Å². The average Bonchev–Trinajstić information content (AvgIpc) is 2.80. The maximum Gasteiger partial charge on any atom is 0.119 e. The molecule has 0 amide bonds. The molecule has 0 spiro atoms. The van der Waals surface area contributed by atoms with Crippen molar-refractivity contribution in [2.75, 3.05) is 20.3 Å². The third-order valence-corrected chi connectivity index (χ3v) is 2.92. The maximum atomic E-state index is 5.61. The summed E-state index contributed by atoms with van der Waals surface area (Å²) in [6.45, 7) is 4.35. The monoisotopic (exact) mass is 275 g/mol. The second-order valence-electron chi connectivity index (χ2n) is 4.54. The third kappa shape index (κ3) is 4.40. The van der Waals surface area contributed by atoms with Gasteiger partial charge in [0, 0.05) is 5.56 Å². The van der Waals surface area contributed by atoms with Gasteiger partial charge in [0.1, 0.15) is 23.9 Å². The number of furan rings is 1. The molecule has 1 aromatic carbocycles. The fraction of sp³-hybridized carbons (Fsp3) is 0.375. The van der Waals surface area contributed by atoms with Crippen LogP contribution in [0.1, 0.15) is 17.1 Å². The van der Waals surface area contributed by atoms with E-state index in [9.17, 15) is 0 Å². The van der Waals surface area contributed by atoms with Crippen LogP contribution in [0.4, 0.5) is 0 Å². The Morgan fingerprint density at radius 3 is 2.70 bits per heavy atom. The number of para-hydroxylation sites is 1. The van der Waals surface area contributed by atoms with Gasteiger partial charge in [-0.1, -0.05) is 18.2 Å². The Kier molecular flexibility index (Phi) is 5.65. The van der Waals surface area contributed by atoms with E-state index >= 15 is 0 Å². The molecule has 0 aliphatic heterocycles. The fourth-order valence-electron chi connectivity index (χ4n) is 1.91. The third-order valence-electron chi connectivity index (χ3n) is 2.92. The highest BCUT2D eigenvalue weighted by Gasteiger charge is 2.06. The summed E-state index contributed by atoms with van der Waals surface area (Å²) < 4.78 is 16.8. The smallest absolute Gasteiger partial charge is 0.119 e. The van der Waals surface area contributed by atoms with Crippen molar-refractivity contribution in [3.8, 4) is 5.75 Å². The molecule has 2 aromatic rings. The number of benzene rings is 1. The van der Waals surface area contributed by atoms with Gasteiger partial charge in [-0.05, 0) is 32.2 Å². The molecule has 20 heavy (non-hydrogen) atoms. The Morgan fingerprint density at radius 2 is 1.95 bits per heavy atom. The van der Waals surface area contributed by atoms with Crippen molar-refractivity contribution in [3.63, 3.8) is 0 Å². The number of hydrogen-bond acceptors (Lipinski definition) is 4. The molecule has 0 radical (unpaired) electrons. The SMILES string of the molecule is CNCc1cc(COCCOc2ccccc2)c(C)o1. The molecule has 0 aliphatic rings. The van der Waals surface area contributed by atoms with E-state index in [1.165, 1.54) is 0 Å². The molecule has 0 bridgehead atoms. The predicted molar refractivity (Wildman–Crippen MR) is 77.8 cm³/mol. The highest BCUT2D eigenvalue weighted by Crippen LogP contribution is 2.15. The molecule has 2 rings (SSSR count). The first-order chi connectivity index (χ1) is 9.79. The van der Waals surface area contributed by atoms with Crippen LogP contribution in [-0.2, 0) is 17.9 Å². The van der Waals surface area contributed by atoms with E-state index in [0.29, 0.717) is 19.8 Å². The lowest BCUT2D eigenvalue weighted by Gasteiger charge is -2.06. The number of aryl methyl sites for hydroxylation is 1. The Morgan fingerprint density at radius 1 is 1.15 bits per heavy atom. The van der Waals surface area contributed by atoms with Gasteiger partial charge < -0.3 is 19.2 Å². The van der Waals surface area contributed by atoms with Crippen molar-refractivity contribution in [1.29, 1.82) is 0 Å². The molecule has 1 aromatic heterocycles. The van der Waals surface area contributed by atoms with Crippen LogP contribution in [0.25, 0.3) is 0 Å². The summed E-state index contributed by atoms with van der Waals surface area (Å²) in [6.07, 6.45) is 0. The van der Waals surface area contributed by atoms with E-state index in [4.69, 9.17) is 13.9 Å². The van der Waals surface area contributed by atoms with Crippen molar-refractivity contribution < 1.29 is 13.9 Å². The van der Waals surface area contributed by atoms with Crippen molar-refractivity contribution in [2.45, 2.75) is 20.1 Å². The average molecular weight is 275 g/mol. The minimum absolute atomic E-state index is 0.546. The first-order valence-corrected chi connectivity index (χ1v) is 6.78. The Hall–Kier alpha value is -1.78. The van der Waals surface area contributed by atoms with Gasteiger partial charge in [0.05, 0.1) is 19.8 Å². The highest BCUT2D eigenvalue weighted by atomic mass is 16.5. The lowest BCUT2D eigenvalue weighted by molar-refractivity contribution is 0.0882. The molecule has 0 atom stereocenters. The van der Waals surface area contributed by atoms with Gasteiger partial charge in [-0.2, -0.15) is 0 Å². The van der Waals surface area contributed by atoms with Gasteiger partial charge in [-0.3, -0.25) is 0 Å².